The van der Waals surface area contributed by atoms with Gasteiger partial charge in [0.25, 0.3) is 0 Å². The number of hydrogen-bond donors (Lipinski definition) is 2. The molecule has 0 heterocycles. The minimum atomic E-state index is -1.58. The van der Waals surface area contributed by atoms with Gasteiger partial charge in [-0.05, 0) is 44.9 Å². The van der Waals surface area contributed by atoms with Gasteiger partial charge in [0.1, 0.15) is 0 Å². The summed E-state index contributed by atoms with van der Waals surface area (Å²) in [5, 5.41) is 11.9. The number of hydrogen-bond acceptors (Lipinski definition) is 7. The number of rotatable bonds is 11. The molecule has 2 N–H and O–H groups in total. The summed E-state index contributed by atoms with van der Waals surface area (Å²) in [5.41, 5.74) is 0.659. The lowest BCUT2D eigenvalue weighted by Crippen LogP contribution is -2.50. The molecule has 0 saturated carbocycles. The van der Waals surface area contributed by atoms with Crippen LogP contribution in [0.4, 0.5) is 4.79 Å². The Labute approximate surface area is 163 Å². The van der Waals surface area contributed by atoms with E-state index in [-0.39, 0.29) is 13.0 Å². The average molecular weight is 397 g/mol. The van der Waals surface area contributed by atoms with Crippen molar-refractivity contribution in [2.75, 3.05) is 19.8 Å². The summed E-state index contributed by atoms with van der Waals surface area (Å²) in [6.07, 6.45) is -2.32. The maximum absolute atomic E-state index is 11.9. The molecule has 0 aliphatic heterocycles. The van der Waals surface area contributed by atoms with E-state index in [0.29, 0.717) is 30.3 Å². The van der Waals surface area contributed by atoms with Crippen molar-refractivity contribution in [1.29, 1.82) is 0 Å². The summed E-state index contributed by atoms with van der Waals surface area (Å²) in [6, 6.07) is 4.07. The van der Waals surface area contributed by atoms with Crippen LogP contribution >= 0.6 is 0 Å². The second kappa shape index (κ2) is 11.7. The quantitative estimate of drug-likeness (QED) is 0.545. The molecule has 0 aliphatic carbocycles. The van der Waals surface area contributed by atoms with E-state index < -0.39 is 30.2 Å². The molecule has 0 aliphatic rings. The standard InChI is InChI=1S/C19H27NO8/c1-5-25-15-9-8-13(11-16(15)26-6-2)10-14(20-19(24)27-7-3)17(18(22)23)28-12(4)21/h8-9,11,14,17H,5-7,10H2,1-4H3,(H,20,24)(H,22,23). The summed E-state index contributed by atoms with van der Waals surface area (Å²) in [4.78, 5) is 34.8. The average Bonchev–Trinajstić information content (AvgIpc) is 2.61. The van der Waals surface area contributed by atoms with Crippen molar-refractivity contribution in [3.05, 3.63) is 23.8 Å². The highest BCUT2D eigenvalue weighted by atomic mass is 16.6. The van der Waals surface area contributed by atoms with Crippen molar-refractivity contribution >= 4 is 18.0 Å². The lowest BCUT2D eigenvalue weighted by molar-refractivity contribution is -0.164. The molecule has 0 fully saturated rings. The zero-order valence-electron chi connectivity index (χ0n) is 16.5. The number of ether oxygens (including phenoxy) is 4. The van der Waals surface area contributed by atoms with Crippen LogP contribution in [0.25, 0.3) is 0 Å². The number of carboxylic acid groups (broad SMARTS) is 1. The zero-order chi connectivity index (χ0) is 21.1. The summed E-state index contributed by atoms with van der Waals surface area (Å²) >= 11 is 0. The monoisotopic (exact) mass is 397 g/mol. The van der Waals surface area contributed by atoms with Crippen molar-refractivity contribution in [3.8, 4) is 11.5 Å². The molecule has 0 spiro atoms. The van der Waals surface area contributed by atoms with Crippen LogP contribution in [-0.2, 0) is 25.5 Å². The predicted octanol–water partition coefficient (Wildman–Crippen LogP) is 2.16. The highest BCUT2D eigenvalue weighted by molar-refractivity contribution is 5.79. The number of carbonyl (C=O) groups is 3. The first-order valence-electron chi connectivity index (χ1n) is 9.04. The van der Waals surface area contributed by atoms with Crippen LogP contribution < -0.4 is 14.8 Å². The molecule has 28 heavy (non-hydrogen) atoms. The van der Waals surface area contributed by atoms with Gasteiger partial charge in [0.15, 0.2) is 11.5 Å². The number of benzene rings is 1. The van der Waals surface area contributed by atoms with Crippen molar-refractivity contribution in [3.63, 3.8) is 0 Å². The van der Waals surface area contributed by atoms with E-state index in [0.717, 1.165) is 6.92 Å². The van der Waals surface area contributed by atoms with Gasteiger partial charge < -0.3 is 29.4 Å². The summed E-state index contributed by atoms with van der Waals surface area (Å²) in [5.74, 6) is -1.11. The minimum absolute atomic E-state index is 0.0650. The van der Waals surface area contributed by atoms with E-state index in [1.54, 1.807) is 25.1 Å². The highest BCUT2D eigenvalue weighted by Gasteiger charge is 2.33. The van der Waals surface area contributed by atoms with E-state index >= 15 is 0 Å². The smallest absolute Gasteiger partial charge is 0.407 e. The van der Waals surface area contributed by atoms with E-state index in [9.17, 15) is 19.5 Å². The van der Waals surface area contributed by atoms with Gasteiger partial charge >= 0.3 is 18.0 Å². The second-order valence-electron chi connectivity index (χ2n) is 5.69. The summed E-state index contributed by atoms with van der Waals surface area (Å²) in [7, 11) is 0. The van der Waals surface area contributed by atoms with Gasteiger partial charge in [-0.1, -0.05) is 6.07 Å². The SMILES string of the molecule is CCOC(=O)NC(Cc1ccc(OCC)c(OCC)c1)C(OC(C)=O)C(=O)O. The van der Waals surface area contributed by atoms with Gasteiger partial charge in [-0.25, -0.2) is 9.59 Å². The molecule has 0 aromatic heterocycles. The van der Waals surface area contributed by atoms with Crippen molar-refractivity contribution < 1.29 is 38.4 Å². The predicted molar refractivity (Wildman–Crippen MR) is 99.6 cm³/mol. The molecule has 2 atom stereocenters. The van der Waals surface area contributed by atoms with Crippen molar-refractivity contribution in [2.24, 2.45) is 0 Å². The van der Waals surface area contributed by atoms with Crippen molar-refractivity contribution in [1.82, 2.24) is 5.32 Å². The first kappa shape index (κ1) is 23.1. The van der Waals surface area contributed by atoms with Gasteiger partial charge in [0, 0.05) is 6.92 Å². The molecule has 9 heteroatoms. The van der Waals surface area contributed by atoms with Gasteiger partial charge in [0.05, 0.1) is 25.9 Å². The van der Waals surface area contributed by atoms with Crippen LogP contribution in [0, 0.1) is 0 Å². The van der Waals surface area contributed by atoms with Crippen LogP contribution in [0.5, 0.6) is 11.5 Å². The van der Waals surface area contributed by atoms with Gasteiger partial charge in [0.2, 0.25) is 6.10 Å². The Morgan fingerprint density at radius 1 is 1.04 bits per heavy atom. The van der Waals surface area contributed by atoms with E-state index in [2.05, 4.69) is 5.32 Å². The largest absolute Gasteiger partial charge is 0.490 e. The molecule has 1 amide bonds. The minimum Gasteiger partial charge on any atom is -0.490 e. The topological polar surface area (TPSA) is 120 Å². The molecule has 1 rings (SSSR count). The van der Waals surface area contributed by atoms with E-state index in [4.69, 9.17) is 18.9 Å². The number of aliphatic carboxylic acids is 1. The number of amides is 1. The normalized spacial score (nSPS) is 12.4. The number of nitrogens with one attached hydrogen (secondary N) is 1. The second-order valence-corrected chi connectivity index (χ2v) is 5.69. The molecule has 9 nitrogen and oxygen atoms in total. The zero-order valence-corrected chi connectivity index (χ0v) is 16.5. The highest BCUT2D eigenvalue weighted by Crippen LogP contribution is 2.29. The van der Waals surface area contributed by atoms with Crippen LogP contribution in [0.2, 0.25) is 0 Å². The molecule has 0 saturated heterocycles. The van der Waals surface area contributed by atoms with Crippen LogP contribution in [0.3, 0.4) is 0 Å². The first-order valence-corrected chi connectivity index (χ1v) is 9.04. The Morgan fingerprint density at radius 2 is 1.68 bits per heavy atom. The maximum Gasteiger partial charge on any atom is 0.407 e. The van der Waals surface area contributed by atoms with Gasteiger partial charge in [-0.3, -0.25) is 4.79 Å². The molecular weight excluding hydrogens is 370 g/mol. The Kier molecular flexibility index (Phi) is 9.63. The molecule has 0 bridgehead atoms. The molecule has 1 aromatic carbocycles. The van der Waals surface area contributed by atoms with E-state index in [1.807, 2.05) is 13.8 Å². The molecule has 2 unspecified atom stereocenters. The Hall–Kier alpha value is -2.97. The number of alkyl carbamates (subject to hydrolysis) is 1. The molecular formula is C19H27NO8. The fraction of sp³-hybridized carbons (Fsp3) is 0.526. The number of carbonyl (C=O) groups excluding carboxylic acids is 2. The maximum atomic E-state index is 11.9. The van der Waals surface area contributed by atoms with Crippen LogP contribution in [0.1, 0.15) is 33.3 Å². The Balaban J connectivity index is 3.16. The number of carboxylic acids is 1. The molecule has 1 aromatic rings. The summed E-state index contributed by atoms with van der Waals surface area (Å²) in [6.45, 7) is 7.38. The van der Waals surface area contributed by atoms with Gasteiger partial charge in [-0.15, -0.1) is 0 Å². The fourth-order valence-corrected chi connectivity index (χ4v) is 2.52. The van der Waals surface area contributed by atoms with Crippen molar-refractivity contribution in [2.45, 2.75) is 46.3 Å². The number of esters is 1. The van der Waals surface area contributed by atoms with E-state index in [1.165, 1.54) is 0 Å². The Bertz CT molecular complexity index is 676. The molecule has 0 radical (unpaired) electrons. The first-order chi connectivity index (χ1) is 13.3. The molecule has 156 valence electrons. The lowest BCUT2D eigenvalue weighted by Gasteiger charge is -2.24. The van der Waals surface area contributed by atoms with Gasteiger partial charge in [-0.2, -0.15) is 0 Å². The third-order valence-corrected chi connectivity index (χ3v) is 3.54. The third kappa shape index (κ3) is 7.34. The lowest BCUT2D eigenvalue weighted by atomic mass is 10.0. The Morgan fingerprint density at radius 3 is 2.21 bits per heavy atom. The third-order valence-electron chi connectivity index (χ3n) is 3.54. The van der Waals surface area contributed by atoms with Crippen LogP contribution in [-0.4, -0.2) is 55.1 Å². The van der Waals surface area contributed by atoms with Crippen LogP contribution in [0.15, 0.2) is 18.2 Å². The summed E-state index contributed by atoms with van der Waals surface area (Å²) < 4.78 is 20.8. The fourth-order valence-electron chi connectivity index (χ4n) is 2.52.